The van der Waals surface area contributed by atoms with Crippen LogP contribution in [0.15, 0.2) is 48.5 Å². The predicted octanol–water partition coefficient (Wildman–Crippen LogP) is 2.73. The van der Waals surface area contributed by atoms with Crippen LogP contribution in [0.3, 0.4) is 0 Å². The van der Waals surface area contributed by atoms with E-state index in [4.69, 9.17) is 24.4 Å². The first kappa shape index (κ1) is 40.5. The summed E-state index contributed by atoms with van der Waals surface area (Å²) in [5.74, 6) is -4.06. The van der Waals surface area contributed by atoms with E-state index in [2.05, 4.69) is 21.6 Å². The number of esters is 1. The van der Waals surface area contributed by atoms with E-state index in [0.29, 0.717) is 35.0 Å². The van der Waals surface area contributed by atoms with Crippen molar-refractivity contribution in [3.63, 3.8) is 0 Å². The highest BCUT2D eigenvalue weighted by Crippen LogP contribution is 2.46. The molecule has 306 valence electrons. The van der Waals surface area contributed by atoms with Crippen LogP contribution in [0, 0.1) is 17.3 Å². The first-order valence-corrected chi connectivity index (χ1v) is 21.3. The van der Waals surface area contributed by atoms with Gasteiger partial charge in [-0.15, -0.1) is 23.0 Å². The molecule has 4 aliphatic rings. The van der Waals surface area contributed by atoms with Gasteiger partial charge in [-0.3, -0.25) is 19.2 Å². The maximum Gasteiger partial charge on any atom is 0.319 e. The van der Waals surface area contributed by atoms with Crippen molar-refractivity contribution in [2.75, 3.05) is 40.0 Å². The zero-order valence-electron chi connectivity index (χ0n) is 32.4. The molecule has 0 radical (unpaired) electrons. The number of nitrogens with zero attached hydrogens (tertiary/aromatic N) is 6. The van der Waals surface area contributed by atoms with Crippen molar-refractivity contribution >= 4 is 45.2 Å². The van der Waals surface area contributed by atoms with Gasteiger partial charge in [-0.1, -0.05) is 26.8 Å². The molecule has 0 bridgehead atoms. The molecule has 2 aliphatic carbocycles. The Kier molecular flexibility index (Phi) is 11.3. The number of hydrogen-bond acceptors (Lipinski definition) is 13. The Balaban J connectivity index is 1.21. The van der Waals surface area contributed by atoms with Crippen LogP contribution < -0.4 is 14.8 Å². The van der Waals surface area contributed by atoms with Gasteiger partial charge in [0.15, 0.2) is 0 Å². The smallest absolute Gasteiger partial charge is 0.319 e. The van der Waals surface area contributed by atoms with Crippen LogP contribution in [-0.4, -0.2) is 119 Å². The van der Waals surface area contributed by atoms with Gasteiger partial charge in [-0.25, -0.2) is 9.71 Å². The van der Waals surface area contributed by atoms with Crippen LogP contribution >= 0.6 is 11.3 Å². The second-order valence-electron chi connectivity index (χ2n) is 15.9. The standard InChI is InChI=1S/C38H48N8O9S2/c1-6-24-21-38(24,36(50)43-57(51,52)44-15-17-54-18-16-44)40-32(47)28-20-25(22-45(28)34(48)29(37(2,3)4)35(49)55-27-8-7-9-27)46-41-30(23-10-12-26(53-5)13-11-23)31(42-46)33-39-14-19-56-33/h6,10-14,19,24-25,27-29H,1,7-9,15-18,20-22H2,2-5H3,(H,40,47)(H,43,50)/t24-,25-,28+,29+,38+/m1/s1. The number of amides is 3. The number of benzene rings is 1. The van der Waals surface area contributed by atoms with E-state index in [0.717, 1.165) is 16.3 Å². The van der Waals surface area contributed by atoms with E-state index < -0.39 is 68.8 Å². The monoisotopic (exact) mass is 824 g/mol. The third-order valence-corrected chi connectivity index (χ3v) is 13.4. The molecule has 17 nitrogen and oxygen atoms in total. The quantitative estimate of drug-likeness (QED) is 0.145. The number of morpholine rings is 1. The topological polar surface area (TPSA) is 204 Å². The number of carbonyl (C=O) groups is 4. The average molecular weight is 825 g/mol. The van der Waals surface area contributed by atoms with Crippen LogP contribution in [0.4, 0.5) is 0 Å². The Morgan fingerprint density at radius 2 is 1.79 bits per heavy atom. The molecule has 2 aromatic heterocycles. The normalized spacial score (nSPS) is 24.6. The second kappa shape index (κ2) is 15.9. The summed E-state index contributed by atoms with van der Waals surface area (Å²) in [6.45, 7) is 9.55. The van der Waals surface area contributed by atoms with E-state index in [-0.39, 0.29) is 51.8 Å². The lowest BCUT2D eigenvalue weighted by Crippen LogP contribution is -2.59. The summed E-state index contributed by atoms with van der Waals surface area (Å²) in [5.41, 5.74) is -0.760. The molecule has 57 heavy (non-hydrogen) atoms. The fourth-order valence-corrected chi connectivity index (χ4v) is 9.29. The first-order chi connectivity index (χ1) is 27.1. The number of rotatable bonds is 13. The summed E-state index contributed by atoms with van der Waals surface area (Å²) in [7, 11) is -2.68. The molecule has 4 fully saturated rings. The zero-order chi connectivity index (χ0) is 40.7. The molecule has 19 heteroatoms. The van der Waals surface area contributed by atoms with Gasteiger partial charge in [0.2, 0.25) is 11.8 Å². The van der Waals surface area contributed by atoms with Crippen molar-refractivity contribution < 1.29 is 41.8 Å². The van der Waals surface area contributed by atoms with Crippen molar-refractivity contribution in [2.45, 2.75) is 76.6 Å². The highest BCUT2D eigenvalue weighted by Gasteiger charge is 2.62. The van der Waals surface area contributed by atoms with Crippen molar-refractivity contribution in [1.29, 1.82) is 0 Å². The van der Waals surface area contributed by atoms with E-state index in [1.54, 1.807) is 46.2 Å². The summed E-state index contributed by atoms with van der Waals surface area (Å²) < 4.78 is 46.1. The summed E-state index contributed by atoms with van der Waals surface area (Å²) in [4.78, 5) is 64.1. The second-order valence-corrected chi connectivity index (χ2v) is 18.5. The maximum atomic E-state index is 14.7. The number of carbonyl (C=O) groups excluding carboxylic acids is 4. The number of thiazole rings is 1. The number of methoxy groups -OCH3 is 1. The number of likely N-dealkylation sites (tertiary alicyclic amines) is 1. The van der Waals surface area contributed by atoms with Gasteiger partial charge in [0.1, 0.15) is 45.7 Å². The number of hydrogen-bond donors (Lipinski definition) is 2. The van der Waals surface area contributed by atoms with Crippen molar-refractivity contribution in [2.24, 2.45) is 17.3 Å². The maximum absolute atomic E-state index is 14.7. The predicted molar refractivity (Wildman–Crippen MR) is 208 cm³/mol. The Bertz CT molecular complexity index is 2110. The van der Waals surface area contributed by atoms with Crippen molar-refractivity contribution in [1.82, 2.24) is 39.2 Å². The number of aromatic nitrogens is 4. The lowest BCUT2D eigenvalue weighted by molar-refractivity contribution is -0.169. The summed E-state index contributed by atoms with van der Waals surface area (Å²) in [6, 6.07) is 5.45. The zero-order valence-corrected chi connectivity index (χ0v) is 34.0. The fourth-order valence-electron chi connectivity index (χ4n) is 7.49. The molecule has 2 saturated heterocycles. The van der Waals surface area contributed by atoms with Gasteiger partial charge in [0.25, 0.3) is 5.91 Å². The molecule has 2 N–H and O–H groups in total. The minimum absolute atomic E-state index is 0.0165. The summed E-state index contributed by atoms with van der Waals surface area (Å²) in [6.07, 6.45) is 5.35. The molecule has 2 saturated carbocycles. The van der Waals surface area contributed by atoms with E-state index in [1.807, 2.05) is 17.5 Å². The SMILES string of the molecule is C=C[C@@H]1C[C@@]1(NC(=O)[C@@H]1C[C@@H](n2nc(-c3ccc(OC)cc3)c(-c3nccs3)n2)CN1C(=O)[C@@H](C(=O)OC1CCC1)C(C)(C)C)C(=O)NS(=O)(=O)N1CCOCC1. The largest absolute Gasteiger partial charge is 0.497 e. The minimum Gasteiger partial charge on any atom is -0.497 e. The van der Waals surface area contributed by atoms with Crippen LogP contribution in [0.2, 0.25) is 0 Å². The molecule has 0 unspecified atom stereocenters. The van der Waals surface area contributed by atoms with Crippen molar-refractivity contribution in [3.05, 3.63) is 48.5 Å². The summed E-state index contributed by atoms with van der Waals surface area (Å²) in [5, 5.41) is 15.0. The highest BCUT2D eigenvalue weighted by atomic mass is 32.2. The van der Waals surface area contributed by atoms with Gasteiger partial charge in [-0.2, -0.15) is 22.6 Å². The molecule has 3 amide bonds. The van der Waals surface area contributed by atoms with Crippen LogP contribution in [0.1, 0.15) is 58.9 Å². The Hall–Kier alpha value is -4.72. The third-order valence-electron chi connectivity index (χ3n) is 11.1. The lowest BCUT2D eigenvalue weighted by Gasteiger charge is -2.35. The average Bonchev–Trinajstić information content (AvgIpc) is 3.61. The number of ether oxygens (including phenoxy) is 3. The molecule has 4 heterocycles. The van der Waals surface area contributed by atoms with Crippen LogP contribution in [-0.2, 0) is 38.9 Å². The Labute approximate surface area is 335 Å². The molecular formula is C38H48N8O9S2. The Morgan fingerprint density at radius 3 is 2.37 bits per heavy atom. The molecule has 1 aromatic carbocycles. The molecular weight excluding hydrogens is 777 g/mol. The molecule has 7 rings (SSSR count). The fraction of sp³-hybridized carbons (Fsp3) is 0.553. The van der Waals surface area contributed by atoms with Gasteiger partial charge < -0.3 is 24.4 Å². The number of nitrogens with one attached hydrogen (secondary N) is 2. The Morgan fingerprint density at radius 1 is 1.09 bits per heavy atom. The minimum atomic E-state index is -4.25. The van der Waals surface area contributed by atoms with Crippen LogP contribution in [0.5, 0.6) is 5.75 Å². The third kappa shape index (κ3) is 8.19. The molecule has 3 aromatic rings. The van der Waals surface area contributed by atoms with Crippen molar-refractivity contribution in [3.8, 4) is 27.7 Å². The summed E-state index contributed by atoms with van der Waals surface area (Å²) >= 11 is 1.38. The van der Waals surface area contributed by atoms with Gasteiger partial charge in [0.05, 0.1) is 26.4 Å². The molecule has 5 atom stereocenters. The first-order valence-electron chi connectivity index (χ1n) is 19.0. The molecule has 0 spiro atoms. The van der Waals surface area contributed by atoms with E-state index in [9.17, 15) is 27.6 Å². The molecule has 2 aliphatic heterocycles. The van der Waals surface area contributed by atoms with E-state index >= 15 is 0 Å². The van der Waals surface area contributed by atoms with E-state index in [1.165, 1.54) is 27.1 Å². The van der Waals surface area contributed by atoms with Gasteiger partial charge in [-0.05, 0) is 55.4 Å². The highest BCUT2D eigenvalue weighted by molar-refractivity contribution is 7.87. The van der Waals surface area contributed by atoms with Gasteiger partial charge >= 0.3 is 16.2 Å². The lowest BCUT2D eigenvalue weighted by atomic mass is 9.79. The van der Waals surface area contributed by atoms with Gasteiger partial charge in [0, 0.05) is 49.1 Å². The van der Waals surface area contributed by atoms with Crippen LogP contribution in [0.25, 0.3) is 22.0 Å².